The molecule has 0 fully saturated rings. The summed E-state index contributed by atoms with van der Waals surface area (Å²) in [5.74, 6) is 0. The Morgan fingerprint density at radius 3 is 2.38 bits per heavy atom. The largest absolute Gasteiger partial charge is 0.444 e. The third-order valence-corrected chi connectivity index (χ3v) is 3.46. The minimum Gasteiger partial charge on any atom is -0.444 e. The molecule has 2 aromatic carbocycles. The molecule has 0 heterocycles. The number of rotatable bonds is 5. The van der Waals surface area contributed by atoms with Gasteiger partial charge in [-0.2, -0.15) is 0 Å². The van der Waals surface area contributed by atoms with E-state index in [1.807, 2.05) is 57.2 Å². The van der Waals surface area contributed by atoms with Crippen molar-refractivity contribution >= 4 is 6.09 Å². The molecule has 1 atom stereocenters. The zero-order valence-corrected chi connectivity index (χ0v) is 14.5. The fourth-order valence-corrected chi connectivity index (χ4v) is 2.43. The SMILES string of the molecule is CC(C)(C)OC(=O)N[C@H](CO)Cc1cccc(-c2ccccc2)c1. The summed E-state index contributed by atoms with van der Waals surface area (Å²) in [6, 6.07) is 17.8. The molecule has 0 unspecified atom stereocenters. The van der Waals surface area contributed by atoms with Gasteiger partial charge in [-0.25, -0.2) is 4.79 Å². The molecule has 1 amide bonds. The highest BCUT2D eigenvalue weighted by Gasteiger charge is 2.19. The number of ether oxygens (including phenoxy) is 1. The van der Waals surface area contributed by atoms with E-state index in [-0.39, 0.29) is 12.6 Å². The van der Waals surface area contributed by atoms with Crippen LogP contribution >= 0.6 is 0 Å². The van der Waals surface area contributed by atoms with E-state index in [0.29, 0.717) is 6.42 Å². The summed E-state index contributed by atoms with van der Waals surface area (Å²) < 4.78 is 5.24. The molecule has 0 aromatic heterocycles. The maximum absolute atomic E-state index is 11.9. The molecule has 24 heavy (non-hydrogen) atoms. The number of alkyl carbamates (subject to hydrolysis) is 1. The lowest BCUT2D eigenvalue weighted by Crippen LogP contribution is -2.42. The minimum atomic E-state index is -0.558. The lowest BCUT2D eigenvalue weighted by atomic mass is 10.00. The maximum atomic E-state index is 11.9. The van der Waals surface area contributed by atoms with Gasteiger partial charge in [-0.3, -0.25) is 0 Å². The van der Waals surface area contributed by atoms with Gasteiger partial charge in [0.15, 0.2) is 0 Å². The van der Waals surface area contributed by atoms with Crippen LogP contribution in [0, 0.1) is 0 Å². The summed E-state index contributed by atoms with van der Waals surface area (Å²) >= 11 is 0. The number of hydrogen-bond acceptors (Lipinski definition) is 3. The Balaban J connectivity index is 2.05. The molecular formula is C20H25NO3. The summed E-state index contributed by atoms with van der Waals surface area (Å²) in [6.45, 7) is 5.28. The van der Waals surface area contributed by atoms with Crippen molar-refractivity contribution in [3.05, 3.63) is 60.2 Å². The van der Waals surface area contributed by atoms with E-state index >= 15 is 0 Å². The molecular weight excluding hydrogens is 302 g/mol. The molecule has 0 spiro atoms. The Morgan fingerprint density at radius 1 is 1.08 bits per heavy atom. The van der Waals surface area contributed by atoms with E-state index in [1.165, 1.54) is 0 Å². The average molecular weight is 327 g/mol. The number of amides is 1. The zero-order chi connectivity index (χ0) is 17.6. The predicted octanol–water partition coefficient (Wildman–Crippen LogP) is 3.78. The second-order valence-corrected chi connectivity index (χ2v) is 6.80. The highest BCUT2D eigenvalue weighted by molar-refractivity contribution is 5.68. The van der Waals surface area contributed by atoms with Gasteiger partial charge in [0.25, 0.3) is 0 Å². The zero-order valence-electron chi connectivity index (χ0n) is 14.5. The number of nitrogens with one attached hydrogen (secondary N) is 1. The summed E-state index contributed by atoms with van der Waals surface area (Å²) in [6.07, 6.45) is 0.0249. The van der Waals surface area contributed by atoms with Gasteiger partial charge in [0.1, 0.15) is 5.60 Å². The van der Waals surface area contributed by atoms with Crippen molar-refractivity contribution in [1.82, 2.24) is 5.32 Å². The molecule has 0 aliphatic rings. The van der Waals surface area contributed by atoms with Crippen LogP contribution in [0.2, 0.25) is 0 Å². The molecule has 4 heteroatoms. The Labute approximate surface area is 143 Å². The Morgan fingerprint density at radius 2 is 1.75 bits per heavy atom. The standard InChI is InChI=1S/C20H25NO3/c1-20(2,3)24-19(23)21-18(14-22)13-15-8-7-11-17(12-15)16-9-5-4-6-10-16/h4-12,18,22H,13-14H2,1-3H3,(H,21,23)/t18-/m0/s1. The number of aliphatic hydroxyl groups is 1. The molecule has 2 aromatic rings. The molecule has 0 aliphatic heterocycles. The molecule has 0 aliphatic carbocycles. The summed E-state index contributed by atoms with van der Waals surface area (Å²) in [5, 5.41) is 12.3. The number of benzene rings is 2. The molecule has 2 N–H and O–H groups in total. The van der Waals surface area contributed by atoms with E-state index in [1.54, 1.807) is 0 Å². The van der Waals surface area contributed by atoms with E-state index in [0.717, 1.165) is 16.7 Å². The van der Waals surface area contributed by atoms with Crippen LogP contribution in [-0.2, 0) is 11.2 Å². The van der Waals surface area contributed by atoms with Gasteiger partial charge in [-0.1, -0.05) is 54.6 Å². The molecule has 0 bridgehead atoms. The maximum Gasteiger partial charge on any atom is 0.407 e. The second kappa shape index (κ2) is 7.97. The third-order valence-electron chi connectivity index (χ3n) is 3.46. The van der Waals surface area contributed by atoms with Crippen molar-refractivity contribution in [2.24, 2.45) is 0 Å². The lowest BCUT2D eigenvalue weighted by molar-refractivity contribution is 0.0483. The van der Waals surface area contributed by atoms with Crippen LogP contribution in [0.1, 0.15) is 26.3 Å². The summed E-state index contributed by atoms with van der Waals surface area (Å²) in [4.78, 5) is 11.9. The Hall–Kier alpha value is -2.33. The van der Waals surface area contributed by atoms with Crippen LogP contribution in [0.4, 0.5) is 4.79 Å². The topological polar surface area (TPSA) is 58.6 Å². The first-order valence-corrected chi connectivity index (χ1v) is 8.12. The molecule has 4 nitrogen and oxygen atoms in total. The molecule has 0 radical (unpaired) electrons. The number of carbonyl (C=O) groups excluding carboxylic acids is 1. The van der Waals surface area contributed by atoms with E-state index < -0.39 is 11.7 Å². The van der Waals surface area contributed by atoms with Crippen molar-refractivity contribution in [3.63, 3.8) is 0 Å². The number of aliphatic hydroxyl groups excluding tert-OH is 1. The van der Waals surface area contributed by atoms with Crippen LogP contribution in [0.5, 0.6) is 0 Å². The second-order valence-electron chi connectivity index (χ2n) is 6.80. The van der Waals surface area contributed by atoms with E-state index in [2.05, 4.69) is 23.5 Å². The highest BCUT2D eigenvalue weighted by atomic mass is 16.6. The van der Waals surface area contributed by atoms with Crippen molar-refractivity contribution in [2.75, 3.05) is 6.61 Å². The van der Waals surface area contributed by atoms with Crippen molar-refractivity contribution in [1.29, 1.82) is 0 Å². The normalized spacial score (nSPS) is 12.5. The smallest absolute Gasteiger partial charge is 0.407 e. The van der Waals surface area contributed by atoms with Gasteiger partial charge >= 0.3 is 6.09 Å². The van der Waals surface area contributed by atoms with Gasteiger partial charge in [0.05, 0.1) is 12.6 Å². The quantitative estimate of drug-likeness (QED) is 0.878. The first-order valence-electron chi connectivity index (χ1n) is 8.12. The van der Waals surface area contributed by atoms with Crippen LogP contribution in [-0.4, -0.2) is 29.4 Å². The molecule has 128 valence electrons. The fraction of sp³-hybridized carbons (Fsp3) is 0.350. The van der Waals surface area contributed by atoms with Gasteiger partial charge in [0.2, 0.25) is 0 Å². The molecule has 0 saturated heterocycles. The van der Waals surface area contributed by atoms with Crippen molar-refractivity contribution in [3.8, 4) is 11.1 Å². The van der Waals surface area contributed by atoms with Crippen LogP contribution < -0.4 is 5.32 Å². The van der Waals surface area contributed by atoms with E-state index in [4.69, 9.17) is 4.74 Å². The predicted molar refractivity (Wildman–Crippen MR) is 95.8 cm³/mol. The van der Waals surface area contributed by atoms with Crippen LogP contribution in [0.3, 0.4) is 0 Å². The Kier molecular flexibility index (Phi) is 5.99. The Bertz CT molecular complexity index is 662. The van der Waals surface area contributed by atoms with Crippen molar-refractivity contribution in [2.45, 2.75) is 38.8 Å². The fourth-order valence-electron chi connectivity index (χ4n) is 2.43. The van der Waals surface area contributed by atoms with Gasteiger partial charge in [-0.15, -0.1) is 0 Å². The summed E-state index contributed by atoms with van der Waals surface area (Å²) in [5.41, 5.74) is 2.74. The lowest BCUT2D eigenvalue weighted by Gasteiger charge is -2.23. The van der Waals surface area contributed by atoms with Crippen LogP contribution in [0.25, 0.3) is 11.1 Å². The number of hydrogen-bond donors (Lipinski definition) is 2. The van der Waals surface area contributed by atoms with Gasteiger partial charge < -0.3 is 15.2 Å². The highest BCUT2D eigenvalue weighted by Crippen LogP contribution is 2.20. The first kappa shape index (κ1) is 18.0. The first-order chi connectivity index (χ1) is 11.4. The molecule has 2 rings (SSSR count). The van der Waals surface area contributed by atoms with Crippen LogP contribution in [0.15, 0.2) is 54.6 Å². The summed E-state index contributed by atoms with van der Waals surface area (Å²) in [7, 11) is 0. The minimum absolute atomic E-state index is 0.144. The average Bonchev–Trinajstić information content (AvgIpc) is 2.53. The van der Waals surface area contributed by atoms with Gasteiger partial charge in [-0.05, 0) is 43.9 Å². The molecule has 0 saturated carbocycles. The van der Waals surface area contributed by atoms with Gasteiger partial charge in [0, 0.05) is 0 Å². The number of carbonyl (C=O) groups is 1. The van der Waals surface area contributed by atoms with Crippen molar-refractivity contribution < 1.29 is 14.6 Å². The third kappa shape index (κ3) is 5.70. The monoisotopic (exact) mass is 327 g/mol. The van der Waals surface area contributed by atoms with E-state index in [9.17, 15) is 9.90 Å².